The second-order valence-electron chi connectivity index (χ2n) is 4.78. The molecule has 2 aromatic rings. The van der Waals surface area contributed by atoms with E-state index in [2.05, 4.69) is 4.98 Å². The van der Waals surface area contributed by atoms with Gasteiger partial charge in [0.2, 0.25) is 5.91 Å². The van der Waals surface area contributed by atoms with Crippen LogP contribution in [0.5, 0.6) is 0 Å². The number of nitrogens with one attached hydrogen (secondary N) is 1. The van der Waals surface area contributed by atoms with Crippen LogP contribution in [0.3, 0.4) is 0 Å². The van der Waals surface area contributed by atoms with Crippen molar-refractivity contribution in [3.8, 4) is 0 Å². The minimum Gasteiger partial charge on any atom is -0.477 e. The fraction of sp³-hybridized carbons (Fsp3) is 0.200. The minimum absolute atomic E-state index is 0.0292. The number of carbonyl (C=O) groups is 2. The van der Waals surface area contributed by atoms with E-state index < -0.39 is 24.5 Å². The first kappa shape index (κ1) is 15.7. The van der Waals surface area contributed by atoms with E-state index in [4.69, 9.17) is 15.9 Å². The van der Waals surface area contributed by atoms with Crippen molar-refractivity contribution in [2.75, 3.05) is 11.5 Å². The van der Waals surface area contributed by atoms with Crippen molar-refractivity contribution in [2.45, 2.75) is 12.6 Å². The average molecular weight is 303 g/mol. The third-order valence-electron chi connectivity index (χ3n) is 3.17. The SMILES string of the molecule is N[C@@H](CO)C(=O)N(Cc1ccccc1)c1c[nH]c(C(=O)O)c1. The molecule has 22 heavy (non-hydrogen) atoms. The smallest absolute Gasteiger partial charge is 0.352 e. The van der Waals surface area contributed by atoms with Crippen LogP contribution in [0, 0.1) is 0 Å². The van der Waals surface area contributed by atoms with Crippen molar-refractivity contribution < 1.29 is 19.8 Å². The molecule has 7 heteroatoms. The van der Waals surface area contributed by atoms with Crippen LogP contribution in [0.1, 0.15) is 16.1 Å². The van der Waals surface area contributed by atoms with Gasteiger partial charge in [-0.3, -0.25) is 4.79 Å². The zero-order chi connectivity index (χ0) is 16.1. The van der Waals surface area contributed by atoms with Crippen molar-refractivity contribution in [1.29, 1.82) is 0 Å². The molecule has 5 N–H and O–H groups in total. The van der Waals surface area contributed by atoms with Gasteiger partial charge >= 0.3 is 5.97 Å². The number of nitrogens with zero attached hydrogens (tertiary/aromatic N) is 1. The van der Waals surface area contributed by atoms with E-state index >= 15 is 0 Å². The molecule has 0 bridgehead atoms. The number of aliphatic hydroxyl groups excluding tert-OH is 1. The average Bonchev–Trinajstić information content (AvgIpc) is 3.02. The van der Waals surface area contributed by atoms with Crippen LogP contribution in [0.4, 0.5) is 5.69 Å². The van der Waals surface area contributed by atoms with E-state index in [1.165, 1.54) is 17.2 Å². The highest BCUT2D eigenvalue weighted by molar-refractivity contribution is 5.98. The van der Waals surface area contributed by atoms with Gasteiger partial charge in [-0.1, -0.05) is 30.3 Å². The third kappa shape index (κ3) is 3.51. The molecule has 0 fully saturated rings. The first-order chi connectivity index (χ1) is 10.5. The summed E-state index contributed by atoms with van der Waals surface area (Å²) in [5, 5.41) is 18.1. The summed E-state index contributed by atoms with van der Waals surface area (Å²) in [6.45, 7) is -0.259. The van der Waals surface area contributed by atoms with Gasteiger partial charge in [-0.05, 0) is 11.6 Å². The van der Waals surface area contributed by atoms with E-state index in [9.17, 15) is 9.59 Å². The molecule has 1 atom stereocenters. The molecule has 0 radical (unpaired) electrons. The highest BCUT2D eigenvalue weighted by Gasteiger charge is 2.23. The van der Waals surface area contributed by atoms with Gasteiger partial charge in [-0.15, -0.1) is 0 Å². The number of aliphatic hydroxyl groups is 1. The monoisotopic (exact) mass is 303 g/mol. The number of rotatable bonds is 6. The third-order valence-corrected chi connectivity index (χ3v) is 3.17. The van der Waals surface area contributed by atoms with E-state index in [0.717, 1.165) is 5.56 Å². The first-order valence-electron chi connectivity index (χ1n) is 6.66. The van der Waals surface area contributed by atoms with E-state index in [1.807, 2.05) is 30.3 Å². The Morgan fingerprint density at radius 2 is 1.95 bits per heavy atom. The van der Waals surface area contributed by atoms with Gasteiger partial charge in [-0.2, -0.15) is 0 Å². The summed E-state index contributed by atoms with van der Waals surface area (Å²) < 4.78 is 0. The van der Waals surface area contributed by atoms with Gasteiger partial charge < -0.3 is 25.8 Å². The largest absolute Gasteiger partial charge is 0.477 e. The van der Waals surface area contributed by atoms with Crippen LogP contribution in [0.25, 0.3) is 0 Å². The molecular formula is C15H17N3O4. The van der Waals surface area contributed by atoms with Crippen molar-refractivity contribution in [2.24, 2.45) is 5.73 Å². The Bertz CT molecular complexity index is 654. The van der Waals surface area contributed by atoms with Crippen molar-refractivity contribution >= 4 is 17.6 Å². The number of carboxylic acids is 1. The summed E-state index contributed by atoms with van der Waals surface area (Å²) in [4.78, 5) is 27.2. The summed E-state index contributed by atoms with van der Waals surface area (Å²) in [7, 11) is 0. The van der Waals surface area contributed by atoms with Crippen LogP contribution in [-0.2, 0) is 11.3 Å². The Balaban J connectivity index is 2.31. The second-order valence-corrected chi connectivity index (χ2v) is 4.78. The molecule has 116 valence electrons. The van der Waals surface area contributed by atoms with Gasteiger partial charge in [0.15, 0.2) is 0 Å². The number of carboxylic acid groups (broad SMARTS) is 1. The quantitative estimate of drug-likeness (QED) is 0.622. The van der Waals surface area contributed by atoms with Crippen LogP contribution in [0.15, 0.2) is 42.6 Å². The predicted octanol–water partition coefficient (Wildman–Crippen LogP) is 0.566. The summed E-state index contributed by atoms with van der Waals surface area (Å²) in [6, 6.07) is 9.51. The van der Waals surface area contributed by atoms with Gasteiger partial charge in [-0.25, -0.2) is 4.79 Å². The van der Waals surface area contributed by atoms with Crippen molar-refractivity contribution in [3.05, 3.63) is 53.9 Å². The summed E-state index contributed by atoms with van der Waals surface area (Å²) in [5.74, 6) is -1.60. The molecule has 0 aliphatic carbocycles. The Morgan fingerprint density at radius 1 is 1.27 bits per heavy atom. The number of aromatic carboxylic acids is 1. The molecular weight excluding hydrogens is 286 g/mol. The lowest BCUT2D eigenvalue weighted by Crippen LogP contribution is -2.45. The molecule has 1 heterocycles. The summed E-state index contributed by atoms with van der Waals surface area (Å²) in [6.07, 6.45) is 1.42. The molecule has 0 saturated carbocycles. The number of amides is 1. The Kier molecular flexibility index (Phi) is 4.92. The number of carbonyl (C=O) groups excluding carboxylic acids is 1. The molecule has 0 aliphatic heterocycles. The molecule has 0 unspecified atom stereocenters. The standard InChI is InChI=1S/C15H17N3O4/c16-12(9-19)14(20)18(8-10-4-2-1-3-5-10)11-6-13(15(21)22)17-7-11/h1-7,12,17,19H,8-9,16H2,(H,21,22)/t12-/m0/s1. The number of aromatic amines is 1. The zero-order valence-corrected chi connectivity index (χ0v) is 11.8. The maximum absolute atomic E-state index is 12.3. The van der Waals surface area contributed by atoms with Crippen LogP contribution < -0.4 is 10.6 Å². The highest BCUT2D eigenvalue weighted by atomic mass is 16.4. The maximum atomic E-state index is 12.3. The molecule has 1 amide bonds. The molecule has 2 rings (SSSR count). The number of H-pyrrole nitrogens is 1. The molecule has 0 aliphatic rings. The molecule has 1 aromatic heterocycles. The van der Waals surface area contributed by atoms with Gasteiger partial charge in [0.05, 0.1) is 18.8 Å². The number of benzene rings is 1. The maximum Gasteiger partial charge on any atom is 0.352 e. The number of hydrogen-bond acceptors (Lipinski definition) is 4. The van der Waals surface area contributed by atoms with Crippen LogP contribution in [-0.4, -0.2) is 39.7 Å². The highest BCUT2D eigenvalue weighted by Crippen LogP contribution is 2.19. The second kappa shape index (κ2) is 6.88. The lowest BCUT2D eigenvalue weighted by Gasteiger charge is -2.24. The van der Waals surface area contributed by atoms with Gasteiger partial charge in [0.1, 0.15) is 11.7 Å². The normalized spacial score (nSPS) is 11.9. The lowest BCUT2D eigenvalue weighted by molar-refractivity contribution is -0.120. The summed E-state index contributed by atoms with van der Waals surface area (Å²) in [5.41, 5.74) is 6.82. The molecule has 1 aromatic carbocycles. The Hall–Kier alpha value is -2.64. The molecule has 7 nitrogen and oxygen atoms in total. The van der Waals surface area contributed by atoms with Crippen molar-refractivity contribution in [1.82, 2.24) is 4.98 Å². The molecule has 0 saturated heterocycles. The fourth-order valence-electron chi connectivity index (χ4n) is 2.00. The molecule has 0 spiro atoms. The zero-order valence-electron chi connectivity index (χ0n) is 11.8. The number of nitrogens with two attached hydrogens (primary N) is 1. The first-order valence-corrected chi connectivity index (χ1v) is 6.66. The number of aromatic nitrogens is 1. The summed E-state index contributed by atoms with van der Waals surface area (Å²) >= 11 is 0. The van der Waals surface area contributed by atoms with E-state index in [0.29, 0.717) is 5.69 Å². The Labute approximate surface area is 127 Å². The minimum atomic E-state index is -1.12. The van der Waals surface area contributed by atoms with Gasteiger partial charge in [0, 0.05) is 6.20 Å². The van der Waals surface area contributed by atoms with Crippen LogP contribution >= 0.6 is 0 Å². The fourth-order valence-corrected chi connectivity index (χ4v) is 2.00. The Morgan fingerprint density at radius 3 is 2.50 bits per heavy atom. The van der Waals surface area contributed by atoms with Crippen LogP contribution in [0.2, 0.25) is 0 Å². The topological polar surface area (TPSA) is 120 Å². The lowest BCUT2D eigenvalue weighted by atomic mass is 10.2. The van der Waals surface area contributed by atoms with Crippen molar-refractivity contribution in [3.63, 3.8) is 0 Å². The van der Waals surface area contributed by atoms with Gasteiger partial charge in [0.25, 0.3) is 0 Å². The van der Waals surface area contributed by atoms with E-state index in [-0.39, 0.29) is 12.2 Å². The predicted molar refractivity (Wildman–Crippen MR) is 80.4 cm³/mol. The van der Waals surface area contributed by atoms with E-state index in [1.54, 1.807) is 0 Å². The number of anilines is 1. The number of hydrogen-bond donors (Lipinski definition) is 4.